The number of amides is 1. The van der Waals surface area contributed by atoms with Crippen LogP contribution in [0.25, 0.3) is 0 Å². The monoisotopic (exact) mass is 330 g/mol. The lowest BCUT2D eigenvalue weighted by Gasteiger charge is -2.09. The van der Waals surface area contributed by atoms with Crippen molar-refractivity contribution in [2.45, 2.75) is 6.42 Å². The average Bonchev–Trinajstić information content (AvgIpc) is 2.61. The lowest BCUT2D eigenvalue weighted by molar-refractivity contribution is -0.119. The maximum absolute atomic E-state index is 12.8. The first-order valence-electron chi connectivity index (χ1n) is 7.52. The second-order valence-corrected chi connectivity index (χ2v) is 5.15. The number of halogens is 1. The molecule has 0 aliphatic carbocycles. The molecule has 0 saturated carbocycles. The summed E-state index contributed by atoms with van der Waals surface area (Å²) in [5, 5.41) is 5.73. The van der Waals surface area contributed by atoms with Crippen LogP contribution in [0.4, 0.5) is 10.1 Å². The summed E-state index contributed by atoms with van der Waals surface area (Å²) in [4.78, 5) is 23.3. The summed E-state index contributed by atoms with van der Waals surface area (Å²) in [6.45, 7) is 0.558. The van der Waals surface area contributed by atoms with Crippen LogP contribution >= 0.6 is 0 Å². The Morgan fingerprint density at radius 1 is 1.12 bits per heavy atom. The Bertz CT molecular complexity index is 702. The van der Waals surface area contributed by atoms with E-state index in [9.17, 15) is 14.0 Å². The SMILES string of the molecule is COC(=O)c1cccc(NCC(=O)NCCc2ccc(F)cc2)c1. The summed E-state index contributed by atoms with van der Waals surface area (Å²) in [5.41, 5.74) is 2.03. The standard InChI is InChI=1S/C18H19FN2O3/c1-24-18(23)14-3-2-4-16(11-14)21-12-17(22)20-10-9-13-5-7-15(19)8-6-13/h2-8,11,21H,9-10,12H2,1H3,(H,20,22). The van der Waals surface area contributed by atoms with Gasteiger partial charge in [-0.3, -0.25) is 4.79 Å². The minimum absolute atomic E-state index is 0.0913. The van der Waals surface area contributed by atoms with Gasteiger partial charge in [0, 0.05) is 12.2 Å². The maximum Gasteiger partial charge on any atom is 0.337 e. The molecule has 0 aromatic heterocycles. The van der Waals surface area contributed by atoms with Crippen LogP contribution in [0.2, 0.25) is 0 Å². The van der Waals surface area contributed by atoms with E-state index in [0.717, 1.165) is 5.56 Å². The molecule has 0 aliphatic heterocycles. The normalized spacial score (nSPS) is 10.1. The number of anilines is 1. The van der Waals surface area contributed by atoms with Gasteiger partial charge in [-0.15, -0.1) is 0 Å². The highest BCUT2D eigenvalue weighted by Crippen LogP contribution is 2.11. The number of carbonyl (C=O) groups excluding carboxylic acids is 2. The van der Waals surface area contributed by atoms with Gasteiger partial charge in [0.25, 0.3) is 0 Å². The van der Waals surface area contributed by atoms with Gasteiger partial charge in [0.2, 0.25) is 5.91 Å². The van der Waals surface area contributed by atoms with Crippen LogP contribution in [0.15, 0.2) is 48.5 Å². The van der Waals surface area contributed by atoms with Crippen molar-refractivity contribution in [1.82, 2.24) is 5.32 Å². The van der Waals surface area contributed by atoms with Crippen LogP contribution in [0.1, 0.15) is 15.9 Å². The summed E-state index contributed by atoms with van der Waals surface area (Å²) in [5.74, 6) is -0.871. The zero-order chi connectivity index (χ0) is 17.4. The van der Waals surface area contributed by atoms with E-state index < -0.39 is 5.97 Å². The number of esters is 1. The zero-order valence-electron chi connectivity index (χ0n) is 13.3. The van der Waals surface area contributed by atoms with E-state index in [-0.39, 0.29) is 18.3 Å². The molecule has 1 amide bonds. The van der Waals surface area contributed by atoms with Crippen molar-refractivity contribution in [1.29, 1.82) is 0 Å². The molecule has 6 heteroatoms. The Morgan fingerprint density at radius 3 is 2.58 bits per heavy atom. The van der Waals surface area contributed by atoms with Crippen LogP contribution in [0.3, 0.4) is 0 Å². The topological polar surface area (TPSA) is 67.4 Å². The molecular weight excluding hydrogens is 311 g/mol. The van der Waals surface area contributed by atoms with Gasteiger partial charge in [-0.2, -0.15) is 0 Å². The highest BCUT2D eigenvalue weighted by Gasteiger charge is 2.06. The van der Waals surface area contributed by atoms with Gasteiger partial charge in [-0.1, -0.05) is 18.2 Å². The van der Waals surface area contributed by atoms with Crippen molar-refractivity contribution >= 4 is 17.6 Å². The molecule has 126 valence electrons. The second-order valence-electron chi connectivity index (χ2n) is 5.15. The fraction of sp³-hybridized carbons (Fsp3) is 0.222. The van der Waals surface area contributed by atoms with E-state index in [2.05, 4.69) is 15.4 Å². The van der Waals surface area contributed by atoms with Gasteiger partial charge in [-0.05, 0) is 42.3 Å². The van der Waals surface area contributed by atoms with Crippen molar-refractivity contribution in [3.05, 3.63) is 65.5 Å². The number of carbonyl (C=O) groups is 2. The van der Waals surface area contributed by atoms with Gasteiger partial charge in [-0.25, -0.2) is 9.18 Å². The van der Waals surface area contributed by atoms with E-state index in [1.807, 2.05) is 0 Å². The Hall–Kier alpha value is -2.89. The van der Waals surface area contributed by atoms with E-state index in [4.69, 9.17) is 0 Å². The number of nitrogens with one attached hydrogen (secondary N) is 2. The number of hydrogen-bond acceptors (Lipinski definition) is 4. The first kappa shape index (κ1) is 17.5. The van der Waals surface area contributed by atoms with Crippen molar-refractivity contribution in [3.8, 4) is 0 Å². The molecule has 2 aromatic rings. The molecule has 5 nitrogen and oxygen atoms in total. The number of rotatable bonds is 7. The number of benzene rings is 2. The highest BCUT2D eigenvalue weighted by atomic mass is 19.1. The lowest BCUT2D eigenvalue weighted by atomic mass is 10.1. The van der Waals surface area contributed by atoms with Gasteiger partial charge in [0.1, 0.15) is 5.82 Å². The minimum atomic E-state index is -0.428. The molecule has 0 fully saturated rings. The summed E-state index contributed by atoms with van der Waals surface area (Å²) in [6, 6.07) is 12.9. The second kappa shape index (κ2) is 8.67. The smallest absolute Gasteiger partial charge is 0.337 e. The zero-order valence-corrected chi connectivity index (χ0v) is 13.3. The summed E-state index contributed by atoms with van der Waals surface area (Å²) >= 11 is 0. The van der Waals surface area contributed by atoms with Crippen molar-refractivity contribution < 1.29 is 18.7 Å². The van der Waals surface area contributed by atoms with Crippen LogP contribution in [-0.4, -0.2) is 32.1 Å². The molecule has 0 heterocycles. The first-order chi connectivity index (χ1) is 11.6. The van der Waals surface area contributed by atoms with Crippen molar-refractivity contribution in [2.75, 3.05) is 25.5 Å². The van der Waals surface area contributed by atoms with Gasteiger partial charge < -0.3 is 15.4 Å². The largest absolute Gasteiger partial charge is 0.465 e. The van der Waals surface area contributed by atoms with Gasteiger partial charge in [0.05, 0.1) is 19.2 Å². The lowest BCUT2D eigenvalue weighted by Crippen LogP contribution is -2.31. The van der Waals surface area contributed by atoms with Gasteiger partial charge >= 0.3 is 5.97 Å². The molecule has 0 spiro atoms. The third kappa shape index (κ3) is 5.39. The number of hydrogen-bond donors (Lipinski definition) is 2. The third-order valence-electron chi connectivity index (χ3n) is 3.39. The molecule has 0 saturated heterocycles. The molecule has 0 radical (unpaired) electrons. The molecule has 2 rings (SSSR count). The van der Waals surface area contributed by atoms with E-state index in [1.54, 1.807) is 36.4 Å². The molecule has 0 unspecified atom stereocenters. The summed E-state index contributed by atoms with van der Waals surface area (Å²) in [6.07, 6.45) is 0.629. The van der Waals surface area contributed by atoms with Crippen molar-refractivity contribution in [3.63, 3.8) is 0 Å². The predicted molar refractivity (Wildman–Crippen MR) is 89.4 cm³/mol. The van der Waals surface area contributed by atoms with E-state index >= 15 is 0 Å². The van der Waals surface area contributed by atoms with Crippen LogP contribution in [0.5, 0.6) is 0 Å². The minimum Gasteiger partial charge on any atom is -0.465 e. The first-order valence-corrected chi connectivity index (χ1v) is 7.52. The Morgan fingerprint density at radius 2 is 1.88 bits per heavy atom. The molecular formula is C18H19FN2O3. The molecule has 0 atom stereocenters. The molecule has 2 aromatic carbocycles. The third-order valence-corrected chi connectivity index (χ3v) is 3.39. The van der Waals surface area contributed by atoms with E-state index in [0.29, 0.717) is 24.2 Å². The highest BCUT2D eigenvalue weighted by molar-refractivity contribution is 5.90. The van der Waals surface area contributed by atoms with Crippen LogP contribution in [-0.2, 0) is 16.0 Å². The maximum atomic E-state index is 12.8. The summed E-state index contributed by atoms with van der Waals surface area (Å²) in [7, 11) is 1.32. The average molecular weight is 330 g/mol. The molecule has 24 heavy (non-hydrogen) atoms. The Balaban J connectivity index is 1.75. The van der Waals surface area contributed by atoms with Crippen LogP contribution < -0.4 is 10.6 Å². The Kier molecular flexibility index (Phi) is 6.31. The predicted octanol–water partition coefficient (Wildman–Crippen LogP) is 2.38. The number of methoxy groups -OCH3 is 1. The number of ether oxygens (including phenoxy) is 1. The van der Waals surface area contributed by atoms with Gasteiger partial charge in [0.15, 0.2) is 0 Å². The summed E-state index contributed by atoms with van der Waals surface area (Å²) < 4.78 is 17.4. The molecule has 0 aliphatic rings. The van der Waals surface area contributed by atoms with Crippen LogP contribution in [0, 0.1) is 5.82 Å². The fourth-order valence-electron chi connectivity index (χ4n) is 2.12. The van der Waals surface area contributed by atoms with E-state index in [1.165, 1.54) is 19.2 Å². The van der Waals surface area contributed by atoms with Crippen molar-refractivity contribution in [2.24, 2.45) is 0 Å². The molecule has 0 bridgehead atoms. The quantitative estimate of drug-likeness (QED) is 0.765. The Labute approximate surface area is 139 Å². The fourth-order valence-corrected chi connectivity index (χ4v) is 2.12. The molecule has 2 N–H and O–H groups in total.